The fourth-order valence-corrected chi connectivity index (χ4v) is 2.02. The molecule has 1 aromatic heterocycles. The molecule has 0 N–H and O–H groups in total. The fraction of sp³-hybridized carbons (Fsp3) is 0.636. The highest BCUT2D eigenvalue weighted by Crippen LogP contribution is 2.22. The zero-order valence-corrected chi connectivity index (χ0v) is 11.4. The lowest BCUT2D eigenvalue weighted by atomic mass is 10.2. The highest BCUT2D eigenvalue weighted by atomic mass is 32.2. The summed E-state index contributed by atoms with van der Waals surface area (Å²) in [6, 6.07) is 0. The van der Waals surface area contributed by atoms with Crippen LogP contribution in [0.3, 0.4) is 0 Å². The lowest BCUT2D eigenvalue weighted by Gasteiger charge is -2.21. The van der Waals surface area contributed by atoms with Crippen molar-refractivity contribution >= 4 is 9.84 Å². The average Bonchev–Trinajstić information content (AvgIpc) is 2.25. The molecule has 0 aliphatic carbocycles. The molecular formula is C11H18N2O3S. The lowest BCUT2D eigenvalue weighted by Crippen LogP contribution is -2.28. The summed E-state index contributed by atoms with van der Waals surface area (Å²) in [6.07, 6.45) is 3.89. The first kappa shape index (κ1) is 14.1. The summed E-state index contributed by atoms with van der Waals surface area (Å²) < 4.78 is 28.6. The van der Waals surface area contributed by atoms with E-state index in [-0.39, 0.29) is 0 Å². The lowest BCUT2D eigenvalue weighted by molar-refractivity contribution is 0.0558. The van der Waals surface area contributed by atoms with Crippen LogP contribution in [0.1, 0.15) is 31.3 Å². The van der Waals surface area contributed by atoms with E-state index in [4.69, 9.17) is 4.74 Å². The van der Waals surface area contributed by atoms with Gasteiger partial charge in [0.1, 0.15) is 6.10 Å². The van der Waals surface area contributed by atoms with E-state index in [1.165, 1.54) is 6.26 Å². The summed E-state index contributed by atoms with van der Waals surface area (Å²) in [6.45, 7) is 5.72. The first-order valence-corrected chi connectivity index (χ1v) is 7.40. The van der Waals surface area contributed by atoms with Crippen molar-refractivity contribution in [2.75, 3.05) is 12.9 Å². The average molecular weight is 258 g/mol. The number of hydrogen-bond acceptors (Lipinski definition) is 5. The van der Waals surface area contributed by atoms with E-state index in [9.17, 15) is 8.42 Å². The molecule has 0 aliphatic heterocycles. The molecule has 1 heterocycles. The largest absolute Gasteiger partial charge is 0.369 e. The molecule has 0 unspecified atom stereocenters. The maximum atomic E-state index is 11.6. The molecule has 6 heteroatoms. The van der Waals surface area contributed by atoms with E-state index in [1.807, 2.05) is 13.8 Å². The smallest absolute Gasteiger partial charge is 0.158 e. The van der Waals surface area contributed by atoms with Crippen molar-refractivity contribution in [3.8, 4) is 0 Å². The Morgan fingerprint density at radius 1 is 1.35 bits per heavy atom. The van der Waals surface area contributed by atoms with E-state index in [0.717, 1.165) is 5.56 Å². The van der Waals surface area contributed by atoms with E-state index < -0.39 is 21.2 Å². The summed E-state index contributed by atoms with van der Waals surface area (Å²) in [4.78, 5) is 8.26. The van der Waals surface area contributed by atoms with Gasteiger partial charge >= 0.3 is 0 Å². The molecule has 0 aliphatic rings. The normalized spacial score (nSPS) is 15.5. The second-order valence-corrected chi connectivity index (χ2v) is 6.43. The van der Waals surface area contributed by atoms with Crippen LogP contribution in [-0.2, 0) is 14.6 Å². The molecule has 17 heavy (non-hydrogen) atoms. The summed E-state index contributed by atoms with van der Waals surface area (Å²) in [5.74, 6) is 0.412. The van der Waals surface area contributed by atoms with Crippen molar-refractivity contribution in [1.29, 1.82) is 0 Å². The Bertz CT molecular complexity index is 456. The van der Waals surface area contributed by atoms with Crippen molar-refractivity contribution in [3.63, 3.8) is 0 Å². The van der Waals surface area contributed by atoms with Gasteiger partial charge in [-0.15, -0.1) is 0 Å². The minimum Gasteiger partial charge on any atom is -0.369 e. The monoisotopic (exact) mass is 258 g/mol. The van der Waals surface area contributed by atoms with Crippen LogP contribution < -0.4 is 0 Å². The Morgan fingerprint density at radius 2 is 1.88 bits per heavy atom. The van der Waals surface area contributed by atoms with Gasteiger partial charge in [-0.25, -0.2) is 18.4 Å². The SMILES string of the molecule is CCO[C@@H](c1ncc(C)cn1)[C@@H](C)S(C)(=O)=O. The van der Waals surface area contributed by atoms with Crippen molar-refractivity contribution in [3.05, 3.63) is 23.8 Å². The minimum atomic E-state index is -3.19. The number of aromatic nitrogens is 2. The quantitative estimate of drug-likeness (QED) is 0.796. The van der Waals surface area contributed by atoms with Crippen LogP contribution in [0, 0.1) is 6.92 Å². The molecule has 1 rings (SSSR count). The first-order chi connectivity index (χ1) is 7.86. The molecule has 0 bridgehead atoms. The molecule has 0 amide bonds. The van der Waals surface area contributed by atoms with E-state index in [2.05, 4.69) is 9.97 Å². The van der Waals surface area contributed by atoms with Gasteiger partial charge in [-0.05, 0) is 26.3 Å². The minimum absolute atomic E-state index is 0.412. The summed E-state index contributed by atoms with van der Waals surface area (Å²) in [7, 11) is -3.19. The Labute approximate surface area is 102 Å². The number of nitrogens with zero attached hydrogens (tertiary/aromatic N) is 2. The highest BCUT2D eigenvalue weighted by molar-refractivity contribution is 7.91. The number of sulfone groups is 1. The molecule has 5 nitrogen and oxygen atoms in total. The van der Waals surface area contributed by atoms with Gasteiger partial charge in [0, 0.05) is 25.3 Å². The summed E-state index contributed by atoms with van der Waals surface area (Å²) in [5, 5.41) is -0.662. The fourth-order valence-electron chi connectivity index (χ4n) is 1.37. The zero-order chi connectivity index (χ0) is 13.1. The highest BCUT2D eigenvalue weighted by Gasteiger charge is 2.29. The van der Waals surface area contributed by atoms with Crippen molar-refractivity contribution in [1.82, 2.24) is 9.97 Å². The maximum absolute atomic E-state index is 11.6. The zero-order valence-electron chi connectivity index (χ0n) is 10.5. The Kier molecular flexibility index (Phi) is 4.59. The first-order valence-electron chi connectivity index (χ1n) is 5.45. The van der Waals surface area contributed by atoms with Gasteiger partial charge in [-0.1, -0.05) is 0 Å². The van der Waals surface area contributed by atoms with Gasteiger partial charge in [0.2, 0.25) is 0 Å². The molecule has 2 atom stereocenters. The predicted molar refractivity (Wildman–Crippen MR) is 65.4 cm³/mol. The van der Waals surface area contributed by atoms with Gasteiger partial charge in [0.25, 0.3) is 0 Å². The van der Waals surface area contributed by atoms with Crippen molar-refractivity contribution < 1.29 is 13.2 Å². The third-order valence-corrected chi connectivity index (χ3v) is 4.10. The van der Waals surface area contributed by atoms with Gasteiger partial charge in [-0.2, -0.15) is 0 Å². The number of ether oxygens (including phenoxy) is 1. The van der Waals surface area contributed by atoms with Crippen LogP contribution in [-0.4, -0.2) is 36.5 Å². The van der Waals surface area contributed by atoms with E-state index in [1.54, 1.807) is 19.3 Å². The molecule has 0 saturated carbocycles. The van der Waals surface area contributed by atoms with Gasteiger partial charge in [-0.3, -0.25) is 0 Å². The van der Waals surface area contributed by atoms with Crippen LogP contribution in [0.25, 0.3) is 0 Å². The topological polar surface area (TPSA) is 69.2 Å². The van der Waals surface area contributed by atoms with Crippen LogP contribution in [0.5, 0.6) is 0 Å². The van der Waals surface area contributed by atoms with Gasteiger partial charge in [0.15, 0.2) is 15.7 Å². The molecule has 0 aromatic carbocycles. The van der Waals surface area contributed by atoms with Gasteiger partial charge < -0.3 is 4.74 Å². The van der Waals surface area contributed by atoms with Crippen LogP contribution >= 0.6 is 0 Å². The van der Waals surface area contributed by atoms with Crippen LogP contribution in [0.15, 0.2) is 12.4 Å². The second kappa shape index (κ2) is 5.55. The maximum Gasteiger partial charge on any atom is 0.158 e. The van der Waals surface area contributed by atoms with E-state index >= 15 is 0 Å². The standard InChI is InChI=1S/C11H18N2O3S/c1-5-16-10(9(3)17(4,14)15)11-12-6-8(2)7-13-11/h6-7,9-10H,5H2,1-4H3/t9-,10-/m1/s1. The van der Waals surface area contributed by atoms with E-state index in [0.29, 0.717) is 12.4 Å². The molecule has 96 valence electrons. The number of rotatable bonds is 5. The second-order valence-electron chi connectivity index (χ2n) is 4.03. The third-order valence-electron chi connectivity index (χ3n) is 2.50. The van der Waals surface area contributed by atoms with Crippen LogP contribution in [0.4, 0.5) is 0 Å². The number of hydrogen-bond donors (Lipinski definition) is 0. The Morgan fingerprint density at radius 3 is 2.29 bits per heavy atom. The Hall–Kier alpha value is -1.01. The molecular weight excluding hydrogens is 240 g/mol. The molecule has 0 spiro atoms. The molecule has 0 saturated heterocycles. The van der Waals surface area contributed by atoms with Crippen LogP contribution in [0.2, 0.25) is 0 Å². The Balaban J connectivity index is 3.05. The molecule has 0 radical (unpaired) electrons. The summed E-state index contributed by atoms with van der Waals surface area (Å²) in [5.41, 5.74) is 0.927. The van der Waals surface area contributed by atoms with Gasteiger partial charge in [0.05, 0.1) is 5.25 Å². The summed E-state index contributed by atoms with van der Waals surface area (Å²) >= 11 is 0. The molecule has 1 aromatic rings. The predicted octanol–water partition coefficient (Wildman–Crippen LogP) is 1.30. The number of aryl methyl sites for hydroxylation is 1. The third kappa shape index (κ3) is 3.74. The van der Waals surface area contributed by atoms with Crippen molar-refractivity contribution in [2.45, 2.75) is 32.1 Å². The molecule has 0 fully saturated rings. The van der Waals surface area contributed by atoms with Crippen molar-refractivity contribution in [2.24, 2.45) is 0 Å².